The zero-order valence-corrected chi connectivity index (χ0v) is 18.7. The Hall–Kier alpha value is -2.88. The maximum Gasteiger partial charge on any atom is 0.234 e. The molecule has 0 saturated heterocycles. The molecule has 3 aromatic rings. The van der Waals surface area contributed by atoms with Gasteiger partial charge in [-0.05, 0) is 36.2 Å². The number of nitrogens with one attached hydrogen (secondary N) is 2. The SMILES string of the molecule is C=CCNS(=O)(=O)Cc1ccc(NC(=O)CSc2nccn2-c2ccccc2C)cc1. The van der Waals surface area contributed by atoms with E-state index in [-0.39, 0.29) is 24.0 Å². The van der Waals surface area contributed by atoms with E-state index in [9.17, 15) is 13.2 Å². The van der Waals surface area contributed by atoms with E-state index in [1.165, 1.54) is 17.8 Å². The lowest BCUT2D eigenvalue weighted by molar-refractivity contribution is -0.113. The second-order valence-corrected chi connectivity index (χ2v) is 9.55. The standard InChI is InChI=1S/C22H24N4O3S2/c1-3-12-24-31(28,29)16-18-8-10-19(11-9-18)25-21(27)15-30-22-23-13-14-26(22)20-7-5-4-6-17(20)2/h3-11,13-14,24H,1,12,15-16H2,2H3,(H,25,27). The molecule has 31 heavy (non-hydrogen) atoms. The summed E-state index contributed by atoms with van der Waals surface area (Å²) in [5.74, 6) is -0.103. The third kappa shape index (κ3) is 6.55. The van der Waals surface area contributed by atoms with Gasteiger partial charge in [-0.15, -0.1) is 6.58 Å². The van der Waals surface area contributed by atoms with Crippen molar-refractivity contribution in [1.29, 1.82) is 0 Å². The van der Waals surface area contributed by atoms with E-state index < -0.39 is 10.0 Å². The number of carbonyl (C=O) groups is 1. The fraction of sp³-hybridized carbons (Fsp3) is 0.182. The van der Waals surface area contributed by atoms with Crippen LogP contribution in [0.3, 0.4) is 0 Å². The molecule has 1 aromatic heterocycles. The van der Waals surface area contributed by atoms with E-state index in [4.69, 9.17) is 0 Å². The minimum absolute atomic E-state index is 0.132. The first kappa shape index (κ1) is 22.8. The number of amides is 1. The molecule has 0 saturated carbocycles. The monoisotopic (exact) mass is 456 g/mol. The van der Waals surface area contributed by atoms with Crippen LogP contribution < -0.4 is 10.0 Å². The number of nitrogens with zero attached hydrogens (tertiary/aromatic N) is 2. The lowest BCUT2D eigenvalue weighted by atomic mass is 10.2. The average Bonchev–Trinajstić information content (AvgIpc) is 3.21. The molecule has 0 aliphatic rings. The molecule has 1 heterocycles. The van der Waals surface area contributed by atoms with Gasteiger partial charge >= 0.3 is 0 Å². The van der Waals surface area contributed by atoms with Crippen LogP contribution in [-0.2, 0) is 20.6 Å². The molecule has 0 fully saturated rings. The van der Waals surface area contributed by atoms with Gasteiger partial charge in [0.15, 0.2) is 5.16 Å². The van der Waals surface area contributed by atoms with Crippen molar-refractivity contribution in [3.63, 3.8) is 0 Å². The molecule has 3 rings (SSSR count). The summed E-state index contributed by atoms with van der Waals surface area (Å²) < 4.78 is 28.3. The molecule has 1 amide bonds. The number of imidazole rings is 1. The van der Waals surface area contributed by atoms with Crippen molar-refractivity contribution in [2.75, 3.05) is 17.6 Å². The van der Waals surface area contributed by atoms with Gasteiger partial charge in [-0.1, -0.05) is 48.2 Å². The summed E-state index contributed by atoms with van der Waals surface area (Å²) in [5.41, 5.74) is 3.38. The normalized spacial score (nSPS) is 11.3. The first-order valence-corrected chi connectivity index (χ1v) is 12.2. The van der Waals surface area contributed by atoms with Crippen LogP contribution in [0.4, 0.5) is 5.69 Å². The lowest BCUT2D eigenvalue weighted by Crippen LogP contribution is -2.25. The summed E-state index contributed by atoms with van der Waals surface area (Å²) in [7, 11) is -3.42. The van der Waals surface area contributed by atoms with Gasteiger partial charge in [0.2, 0.25) is 15.9 Å². The minimum Gasteiger partial charge on any atom is -0.325 e. The molecule has 162 valence electrons. The highest BCUT2D eigenvalue weighted by molar-refractivity contribution is 7.99. The molecular formula is C22H24N4O3S2. The largest absolute Gasteiger partial charge is 0.325 e. The highest BCUT2D eigenvalue weighted by Crippen LogP contribution is 2.23. The van der Waals surface area contributed by atoms with Crippen LogP contribution in [0.25, 0.3) is 5.69 Å². The number of hydrogen-bond donors (Lipinski definition) is 2. The fourth-order valence-corrected chi connectivity index (χ4v) is 4.75. The summed E-state index contributed by atoms with van der Waals surface area (Å²) in [5, 5.41) is 3.56. The van der Waals surface area contributed by atoms with Gasteiger partial charge < -0.3 is 5.32 Å². The van der Waals surface area contributed by atoms with E-state index >= 15 is 0 Å². The molecule has 0 bridgehead atoms. The molecule has 0 radical (unpaired) electrons. The van der Waals surface area contributed by atoms with Gasteiger partial charge in [-0.25, -0.2) is 18.1 Å². The Balaban J connectivity index is 1.56. The molecule has 0 atom stereocenters. The van der Waals surface area contributed by atoms with Gasteiger partial charge in [-0.3, -0.25) is 9.36 Å². The van der Waals surface area contributed by atoms with Crippen LogP contribution in [0.1, 0.15) is 11.1 Å². The first-order valence-electron chi connectivity index (χ1n) is 9.57. The third-order valence-corrected chi connectivity index (χ3v) is 6.64. The maximum atomic E-state index is 12.4. The number of aromatic nitrogens is 2. The van der Waals surface area contributed by atoms with Crippen molar-refractivity contribution in [1.82, 2.24) is 14.3 Å². The number of anilines is 1. The molecule has 0 spiro atoms. The van der Waals surface area contributed by atoms with Crippen LogP contribution >= 0.6 is 11.8 Å². The van der Waals surface area contributed by atoms with E-state index in [1.807, 2.05) is 42.0 Å². The van der Waals surface area contributed by atoms with Crippen LogP contribution in [-0.4, -0.2) is 36.2 Å². The first-order chi connectivity index (χ1) is 14.9. The number of hydrogen-bond acceptors (Lipinski definition) is 5. The van der Waals surface area contributed by atoms with Gasteiger partial charge in [0, 0.05) is 24.6 Å². The molecule has 0 aliphatic heterocycles. The Morgan fingerprint density at radius 2 is 1.94 bits per heavy atom. The van der Waals surface area contributed by atoms with Crippen molar-refractivity contribution in [2.24, 2.45) is 0 Å². The fourth-order valence-electron chi connectivity index (χ4n) is 2.88. The molecule has 0 unspecified atom stereocenters. The van der Waals surface area contributed by atoms with E-state index in [2.05, 4.69) is 21.6 Å². The molecular weight excluding hydrogens is 432 g/mol. The lowest BCUT2D eigenvalue weighted by Gasteiger charge is -2.10. The summed E-state index contributed by atoms with van der Waals surface area (Å²) in [6, 6.07) is 14.7. The Kier molecular flexibility index (Phi) is 7.67. The highest BCUT2D eigenvalue weighted by Gasteiger charge is 2.12. The maximum absolute atomic E-state index is 12.4. The number of rotatable bonds is 10. The Labute approximate surface area is 186 Å². The molecule has 2 N–H and O–H groups in total. The van der Waals surface area contributed by atoms with Crippen molar-refractivity contribution in [3.8, 4) is 5.69 Å². The number of para-hydroxylation sites is 1. The number of carbonyl (C=O) groups excluding carboxylic acids is 1. The average molecular weight is 457 g/mol. The number of sulfonamides is 1. The predicted molar refractivity (Wildman–Crippen MR) is 125 cm³/mol. The zero-order valence-electron chi connectivity index (χ0n) is 17.1. The van der Waals surface area contributed by atoms with Crippen molar-refractivity contribution < 1.29 is 13.2 Å². The highest BCUT2D eigenvalue weighted by atomic mass is 32.2. The molecule has 7 nitrogen and oxygen atoms in total. The van der Waals surface area contributed by atoms with Gasteiger partial charge in [0.1, 0.15) is 0 Å². The van der Waals surface area contributed by atoms with Crippen molar-refractivity contribution in [2.45, 2.75) is 17.8 Å². The van der Waals surface area contributed by atoms with Gasteiger partial charge in [0.05, 0.1) is 17.2 Å². The smallest absolute Gasteiger partial charge is 0.234 e. The van der Waals surface area contributed by atoms with Crippen LogP contribution in [0.2, 0.25) is 0 Å². The summed E-state index contributed by atoms with van der Waals surface area (Å²) in [6.07, 6.45) is 5.07. The summed E-state index contributed by atoms with van der Waals surface area (Å²) >= 11 is 1.35. The third-order valence-electron chi connectivity index (χ3n) is 4.36. The van der Waals surface area contributed by atoms with Crippen LogP contribution in [0, 0.1) is 6.92 Å². The predicted octanol–water partition coefficient (Wildman–Crippen LogP) is 3.52. The molecule has 0 aliphatic carbocycles. The zero-order chi connectivity index (χ0) is 22.3. The van der Waals surface area contributed by atoms with E-state index in [0.717, 1.165) is 16.4 Å². The quantitative estimate of drug-likeness (QED) is 0.360. The Morgan fingerprint density at radius 1 is 1.19 bits per heavy atom. The molecule has 9 heteroatoms. The van der Waals surface area contributed by atoms with Crippen LogP contribution in [0.15, 0.2) is 78.7 Å². The topological polar surface area (TPSA) is 93.1 Å². The van der Waals surface area contributed by atoms with Crippen molar-refractivity contribution in [3.05, 3.63) is 84.7 Å². The second-order valence-electron chi connectivity index (χ2n) is 6.80. The van der Waals surface area contributed by atoms with Gasteiger partial charge in [-0.2, -0.15) is 0 Å². The Bertz CT molecular complexity index is 1160. The van der Waals surface area contributed by atoms with E-state index in [1.54, 1.807) is 30.5 Å². The minimum atomic E-state index is -3.42. The van der Waals surface area contributed by atoms with Gasteiger partial charge in [0.25, 0.3) is 0 Å². The van der Waals surface area contributed by atoms with Crippen LogP contribution in [0.5, 0.6) is 0 Å². The summed E-state index contributed by atoms with van der Waals surface area (Å²) in [4.78, 5) is 16.7. The van der Waals surface area contributed by atoms with Crippen molar-refractivity contribution >= 4 is 33.4 Å². The second kappa shape index (κ2) is 10.4. The number of aryl methyl sites for hydroxylation is 1. The summed E-state index contributed by atoms with van der Waals surface area (Å²) in [6.45, 7) is 5.71. The van der Waals surface area contributed by atoms with E-state index in [0.29, 0.717) is 11.3 Å². The molecule has 2 aromatic carbocycles. The number of benzene rings is 2. The number of thioether (sulfide) groups is 1. The Morgan fingerprint density at radius 3 is 2.65 bits per heavy atom.